The number of hydrogen-bond acceptors (Lipinski definition) is 1. The van der Waals surface area contributed by atoms with Gasteiger partial charge in [0.15, 0.2) is 0 Å². The van der Waals surface area contributed by atoms with E-state index in [1.54, 1.807) is 6.07 Å². The predicted octanol–water partition coefficient (Wildman–Crippen LogP) is 3.80. The molecule has 0 bridgehead atoms. The van der Waals surface area contributed by atoms with Crippen LogP contribution in [0.15, 0.2) is 18.2 Å². The lowest BCUT2D eigenvalue weighted by molar-refractivity contribution is 0.484. The van der Waals surface area contributed by atoms with E-state index in [1.165, 1.54) is 12.1 Å². The van der Waals surface area contributed by atoms with Crippen molar-refractivity contribution in [3.8, 4) is 0 Å². The summed E-state index contributed by atoms with van der Waals surface area (Å²) in [5, 5.41) is 4.05. The summed E-state index contributed by atoms with van der Waals surface area (Å²) in [6, 6.07) is 4.94. The Morgan fingerprint density at radius 2 is 2.12 bits per heavy atom. The Kier molecular flexibility index (Phi) is 5.78. The molecule has 0 radical (unpaired) electrons. The fourth-order valence-corrected chi connectivity index (χ4v) is 2.07. The van der Waals surface area contributed by atoms with Gasteiger partial charge in [0.2, 0.25) is 0 Å². The highest BCUT2D eigenvalue weighted by Crippen LogP contribution is 2.19. The Morgan fingerprint density at radius 3 is 2.75 bits per heavy atom. The van der Waals surface area contributed by atoms with Crippen molar-refractivity contribution in [2.24, 2.45) is 0 Å². The minimum atomic E-state index is -0.217. The molecule has 16 heavy (non-hydrogen) atoms. The van der Waals surface area contributed by atoms with E-state index >= 15 is 0 Å². The van der Waals surface area contributed by atoms with Gasteiger partial charge in [-0.15, -0.1) is 0 Å². The van der Waals surface area contributed by atoms with Crippen LogP contribution in [0.4, 0.5) is 4.39 Å². The standard InChI is InChI=1S/C13H19ClFN/c1-3-5-12(16-4-2)9-10-8-11(15)6-7-13(10)14/h6-8,12,16H,3-5,9H2,1-2H3. The third-order valence-corrected chi connectivity index (χ3v) is 2.97. The molecule has 1 aromatic rings. The molecule has 0 aliphatic rings. The second kappa shape index (κ2) is 6.87. The van der Waals surface area contributed by atoms with E-state index in [0.29, 0.717) is 11.1 Å². The monoisotopic (exact) mass is 243 g/mol. The number of halogens is 2. The van der Waals surface area contributed by atoms with Gasteiger partial charge in [-0.05, 0) is 43.1 Å². The predicted molar refractivity (Wildman–Crippen MR) is 67.5 cm³/mol. The zero-order valence-corrected chi connectivity index (χ0v) is 10.6. The van der Waals surface area contributed by atoms with Crippen LogP contribution in [-0.4, -0.2) is 12.6 Å². The third-order valence-electron chi connectivity index (χ3n) is 2.60. The van der Waals surface area contributed by atoms with Crippen LogP contribution in [0.5, 0.6) is 0 Å². The van der Waals surface area contributed by atoms with Gasteiger partial charge in [-0.2, -0.15) is 0 Å². The van der Waals surface area contributed by atoms with E-state index < -0.39 is 0 Å². The Morgan fingerprint density at radius 1 is 1.38 bits per heavy atom. The van der Waals surface area contributed by atoms with E-state index in [0.717, 1.165) is 31.4 Å². The Labute approximate surface area is 102 Å². The highest BCUT2D eigenvalue weighted by atomic mass is 35.5. The number of benzene rings is 1. The molecule has 0 heterocycles. The van der Waals surface area contributed by atoms with Crippen molar-refractivity contribution in [2.75, 3.05) is 6.54 Å². The fraction of sp³-hybridized carbons (Fsp3) is 0.538. The Balaban J connectivity index is 2.71. The maximum Gasteiger partial charge on any atom is 0.123 e. The van der Waals surface area contributed by atoms with Gasteiger partial charge in [0.05, 0.1) is 0 Å². The summed E-state index contributed by atoms with van der Waals surface area (Å²) >= 11 is 6.05. The largest absolute Gasteiger partial charge is 0.314 e. The molecule has 0 saturated heterocycles. The maximum atomic E-state index is 13.1. The molecule has 0 aliphatic heterocycles. The van der Waals surface area contributed by atoms with Crippen molar-refractivity contribution in [3.63, 3.8) is 0 Å². The summed E-state index contributed by atoms with van der Waals surface area (Å²) in [6.45, 7) is 5.16. The van der Waals surface area contributed by atoms with Crippen LogP contribution in [0, 0.1) is 5.82 Å². The van der Waals surface area contributed by atoms with Crippen LogP contribution in [0.3, 0.4) is 0 Å². The lowest BCUT2D eigenvalue weighted by Crippen LogP contribution is -2.30. The molecule has 1 N–H and O–H groups in total. The molecule has 1 aromatic carbocycles. The first kappa shape index (κ1) is 13.5. The Hall–Kier alpha value is -0.600. The topological polar surface area (TPSA) is 12.0 Å². The van der Waals surface area contributed by atoms with Crippen LogP contribution in [-0.2, 0) is 6.42 Å². The molecule has 0 fully saturated rings. The van der Waals surface area contributed by atoms with Gasteiger partial charge in [0.1, 0.15) is 5.82 Å². The highest BCUT2D eigenvalue weighted by Gasteiger charge is 2.10. The second-order valence-electron chi connectivity index (χ2n) is 3.98. The molecule has 1 unspecified atom stereocenters. The van der Waals surface area contributed by atoms with Crippen molar-refractivity contribution < 1.29 is 4.39 Å². The summed E-state index contributed by atoms with van der Waals surface area (Å²) in [6.07, 6.45) is 2.99. The van der Waals surface area contributed by atoms with Gasteiger partial charge < -0.3 is 5.32 Å². The third kappa shape index (κ3) is 4.11. The molecule has 1 atom stereocenters. The van der Waals surface area contributed by atoms with Gasteiger partial charge >= 0.3 is 0 Å². The van der Waals surface area contributed by atoms with Crippen molar-refractivity contribution in [2.45, 2.75) is 39.2 Å². The van der Waals surface area contributed by atoms with Crippen LogP contribution in [0.25, 0.3) is 0 Å². The second-order valence-corrected chi connectivity index (χ2v) is 4.39. The molecule has 0 spiro atoms. The van der Waals surface area contributed by atoms with Crippen molar-refractivity contribution in [3.05, 3.63) is 34.6 Å². The molecule has 0 aliphatic carbocycles. The van der Waals surface area contributed by atoms with E-state index in [-0.39, 0.29) is 5.82 Å². The maximum absolute atomic E-state index is 13.1. The highest BCUT2D eigenvalue weighted by molar-refractivity contribution is 6.31. The van der Waals surface area contributed by atoms with E-state index in [9.17, 15) is 4.39 Å². The first-order valence-corrected chi connectivity index (χ1v) is 6.22. The minimum Gasteiger partial charge on any atom is -0.314 e. The first-order valence-electron chi connectivity index (χ1n) is 5.84. The molecule has 3 heteroatoms. The van der Waals surface area contributed by atoms with Crippen LogP contribution < -0.4 is 5.32 Å². The van der Waals surface area contributed by atoms with Crippen LogP contribution in [0.2, 0.25) is 5.02 Å². The molecule has 1 nitrogen and oxygen atoms in total. The Bertz CT molecular complexity index is 322. The first-order chi connectivity index (χ1) is 7.67. The molecule has 0 saturated carbocycles. The average molecular weight is 244 g/mol. The summed E-state index contributed by atoms with van der Waals surface area (Å²) in [5.74, 6) is -0.217. The van der Waals surface area contributed by atoms with Crippen LogP contribution >= 0.6 is 11.6 Å². The number of hydrogen-bond donors (Lipinski definition) is 1. The van der Waals surface area contributed by atoms with Gasteiger partial charge in [-0.25, -0.2) is 4.39 Å². The van der Waals surface area contributed by atoms with Gasteiger partial charge in [-0.3, -0.25) is 0 Å². The van der Waals surface area contributed by atoms with E-state index in [2.05, 4.69) is 19.2 Å². The fourth-order valence-electron chi connectivity index (χ4n) is 1.88. The quantitative estimate of drug-likeness (QED) is 0.802. The van der Waals surface area contributed by atoms with Crippen molar-refractivity contribution in [1.82, 2.24) is 5.32 Å². The van der Waals surface area contributed by atoms with E-state index in [1.807, 2.05) is 0 Å². The zero-order chi connectivity index (χ0) is 12.0. The number of nitrogens with one attached hydrogen (secondary N) is 1. The van der Waals surface area contributed by atoms with Crippen LogP contribution in [0.1, 0.15) is 32.3 Å². The van der Waals surface area contributed by atoms with Gasteiger partial charge in [0, 0.05) is 11.1 Å². The zero-order valence-electron chi connectivity index (χ0n) is 9.89. The SMILES string of the molecule is CCCC(Cc1cc(F)ccc1Cl)NCC. The smallest absolute Gasteiger partial charge is 0.123 e. The lowest BCUT2D eigenvalue weighted by Gasteiger charge is -2.17. The summed E-state index contributed by atoms with van der Waals surface area (Å²) in [4.78, 5) is 0. The van der Waals surface area contributed by atoms with Crippen molar-refractivity contribution in [1.29, 1.82) is 0 Å². The molecule has 0 aromatic heterocycles. The molecular formula is C13H19ClFN. The minimum absolute atomic E-state index is 0.217. The van der Waals surface area contributed by atoms with E-state index in [4.69, 9.17) is 11.6 Å². The molecule has 90 valence electrons. The van der Waals surface area contributed by atoms with Crippen molar-refractivity contribution >= 4 is 11.6 Å². The number of likely N-dealkylation sites (N-methyl/N-ethyl adjacent to an activating group) is 1. The molecular weight excluding hydrogens is 225 g/mol. The summed E-state index contributed by atoms with van der Waals surface area (Å²) < 4.78 is 13.1. The van der Waals surface area contributed by atoms with Gasteiger partial charge in [-0.1, -0.05) is 31.9 Å². The summed E-state index contributed by atoms with van der Waals surface area (Å²) in [7, 11) is 0. The normalized spacial score (nSPS) is 12.8. The lowest BCUT2D eigenvalue weighted by atomic mass is 10.0. The molecule has 1 rings (SSSR count). The average Bonchev–Trinajstić information content (AvgIpc) is 2.24. The number of rotatable bonds is 6. The summed E-state index contributed by atoms with van der Waals surface area (Å²) in [5.41, 5.74) is 0.890. The molecule has 0 amide bonds. The van der Waals surface area contributed by atoms with Gasteiger partial charge in [0.25, 0.3) is 0 Å².